The van der Waals surface area contributed by atoms with E-state index < -0.39 is 28.4 Å². The van der Waals surface area contributed by atoms with Gasteiger partial charge in [-0.25, -0.2) is 0 Å². The first-order valence-electron chi connectivity index (χ1n) is 8.87. The molecule has 2 aromatic rings. The van der Waals surface area contributed by atoms with E-state index in [4.69, 9.17) is 9.47 Å². The molecule has 9 heteroatoms. The van der Waals surface area contributed by atoms with Crippen molar-refractivity contribution in [3.8, 4) is 5.75 Å². The minimum Gasteiger partial charge on any atom is -0.490 e. The van der Waals surface area contributed by atoms with Crippen molar-refractivity contribution in [2.45, 2.75) is 13.3 Å². The number of rotatable bonds is 8. The molecule has 2 amide bonds. The van der Waals surface area contributed by atoms with Crippen molar-refractivity contribution in [1.29, 1.82) is 0 Å². The summed E-state index contributed by atoms with van der Waals surface area (Å²) in [6.45, 7) is 1.89. The topological polar surface area (TPSA) is 116 Å². The molecule has 9 nitrogen and oxygen atoms in total. The van der Waals surface area contributed by atoms with Crippen LogP contribution in [0.2, 0.25) is 0 Å². The number of hydrogen-bond donors (Lipinski definition) is 0. The Kier molecular flexibility index (Phi) is 5.87. The number of aryl methyl sites for hydroxylation is 1. The van der Waals surface area contributed by atoms with E-state index >= 15 is 0 Å². The number of amides is 2. The maximum atomic E-state index is 12.4. The normalized spacial score (nSPS) is 12.7. The Morgan fingerprint density at radius 1 is 1.10 bits per heavy atom. The van der Waals surface area contributed by atoms with E-state index in [2.05, 4.69) is 0 Å². The molecule has 150 valence electrons. The van der Waals surface area contributed by atoms with Gasteiger partial charge in [-0.3, -0.25) is 29.4 Å². The van der Waals surface area contributed by atoms with E-state index in [1.165, 1.54) is 12.1 Å². The van der Waals surface area contributed by atoms with Crippen LogP contribution >= 0.6 is 0 Å². The minimum atomic E-state index is -0.784. The molecule has 29 heavy (non-hydrogen) atoms. The molecular formula is C20H18N2O7. The third kappa shape index (κ3) is 4.40. The van der Waals surface area contributed by atoms with E-state index in [0.717, 1.165) is 16.5 Å². The first-order valence-corrected chi connectivity index (χ1v) is 8.87. The largest absolute Gasteiger partial charge is 0.490 e. The van der Waals surface area contributed by atoms with E-state index in [1.54, 1.807) is 6.07 Å². The van der Waals surface area contributed by atoms with Crippen LogP contribution in [0.5, 0.6) is 5.75 Å². The van der Waals surface area contributed by atoms with Crippen LogP contribution in [0.3, 0.4) is 0 Å². The molecule has 0 aliphatic carbocycles. The van der Waals surface area contributed by atoms with Gasteiger partial charge >= 0.3 is 5.97 Å². The van der Waals surface area contributed by atoms with Gasteiger partial charge in [0.15, 0.2) is 0 Å². The van der Waals surface area contributed by atoms with E-state index in [0.29, 0.717) is 5.75 Å². The zero-order valence-corrected chi connectivity index (χ0v) is 15.6. The van der Waals surface area contributed by atoms with Gasteiger partial charge < -0.3 is 9.47 Å². The van der Waals surface area contributed by atoms with Gasteiger partial charge in [-0.1, -0.05) is 18.2 Å². The number of nitro benzene ring substituents is 1. The van der Waals surface area contributed by atoms with Gasteiger partial charge in [0, 0.05) is 12.6 Å². The van der Waals surface area contributed by atoms with Crippen LogP contribution in [-0.4, -0.2) is 47.4 Å². The fourth-order valence-electron chi connectivity index (χ4n) is 2.97. The van der Waals surface area contributed by atoms with Crippen molar-refractivity contribution in [3.05, 3.63) is 69.3 Å². The summed E-state index contributed by atoms with van der Waals surface area (Å²) in [4.78, 5) is 47.9. The number of hydrogen-bond acceptors (Lipinski definition) is 7. The third-order valence-corrected chi connectivity index (χ3v) is 4.32. The minimum absolute atomic E-state index is 0.0143. The molecule has 0 N–H and O–H groups in total. The molecule has 0 aromatic heterocycles. The van der Waals surface area contributed by atoms with Crippen LogP contribution in [0.25, 0.3) is 0 Å². The Balaban J connectivity index is 1.49. The third-order valence-electron chi connectivity index (χ3n) is 4.32. The SMILES string of the molecule is Cc1cccc(OCCOC(=O)CCN2C(=O)c3cccc([N+](=O)[O-])c3C2=O)c1. The maximum absolute atomic E-state index is 12.4. The van der Waals surface area contributed by atoms with Gasteiger partial charge in [-0.05, 0) is 30.7 Å². The molecule has 3 rings (SSSR count). The van der Waals surface area contributed by atoms with Gasteiger partial charge in [0.2, 0.25) is 0 Å². The van der Waals surface area contributed by atoms with Gasteiger partial charge in [-0.15, -0.1) is 0 Å². The first-order chi connectivity index (χ1) is 13.9. The summed E-state index contributed by atoms with van der Waals surface area (Å²) in [7, 11) is 0. The van der Waals surface area contributed by atoms with Crippen LogP contribution in [-0.2, 0) is 9.53 Å². The quantitative estimate of drug-likeness (QED) is 0.220. The van der Waals surface area contributed by atoms with Crippen molar-refractivity contribution in [2.75, 3.05) is 19.8 Å². The lowest BCUT2D eigenvalue weighted by molar-refractivity contribution is -0.385. The summed E-state index contributed by atoms with van der Waals surface area (Å²) < 4.78 is 10.5. The highest BCUT2D eigenvalue weighted by Crippen LogP contribution is 2.30. The molecule has 1 aliphatic heterocycles. The van der Waals surface area contributed by atoms with Crippen LogP contribution in [0.15, 0.2) is 42.5 Å². The molecule has 0 fully saturated rings. The molecule has 0 spiro atoms. The number of benzene rings is 2. The molecule has 0 saturated heterocycles. The number of imide groups is 1. The highest BCUT2D eigenvalue weighted by Gasteiger charge is 2.40. The van der Waals surface area contributed by atoms with Crippen LogP contribution in [0.1, 0.15) is 32.7 Å². The van der Waals surface area contributed by atoms with Crippen LogP contribution in [0.4, 0.5) is 5.69 Å². The monoisotopic (exact) mass is 398 g/mol. The number of nitrogens with zero attached hydrogens (tertiary/aromatic N) is 2. The smallest absolute Gasteiger partial charge is 0.307 e. The maximum Gasteiger partial charge on any atom is 0.307 e. The zero-order valence-electron chi connectivity index (χ0n) is 15.6. The average Bonchev–Trinajstić information content (AvgIpc) is 2.94. The number of carbonyl (C=O) groups excluding carboxylic acids is 3. The molecule has 0 radical (unpaired) electrons. The van der Waals surface area contributed by atoms with Crippen molar-refractivity contribution in [2.24, 2.45) is 0 Å². The van der Waals surface area contributed by atoms with Gasteiger partial charge in [0.05, 0.1) is 16.9 Å². The lowest BCUT2D eigenvalue weighted by atomic mass is 10.1. The summed E-state index contributed by atoms with van der Waals surface area (Å²) in [5.74, 6) is -1.39. The van der Waals surface area contributed by atoms with Gasteiger partial charge in [0.25, 0.3) is 17.5 Å². The number of esters is 1. The first kappa shape index (κ1) is 20.0. The van der Waals surface area contributed by atoms with Gasteiger partial charge in [-0.2, -0.15) is 0 Å². The molecule has 0 unspecified atom stereocenters. The van der Waals surface area contributed by atoms with Crippen LogP contribution in [0, 0.1) is 17.0 Å². The second-order valence-corrected chi connectivity index (χ2v) is 6.35. The summed E-state index contributed by atoms with van der Waals surface area (Å²) in [6.07, 6.45) is -0.219. The van der Waals surface area contributed by atoms with Crippen LogP contribution < -0.4 is 4.74 Å². The Morgan fingerprint density at radius 2 is 1.86 bits per heavy atom. The molecule has 0 bridgehead atoms. The number of ether oxygens (including phenoxy) is 2. The fraction of sp³-hybridized carbons (Fsp3) is 0.250. The summed E-state index contributed by atoms with van der Waals surface area (Å²) in [5.41, 5.74) is 0.325. The fourth-order valence-corrected chi connectivity index (χ4v) is 2.97. The van der Waals surface area contributed by atoms with Gasteiger partial charge in [0.1, 0.15) is 24.5 Å². The molecular weight excluding hydrogens is 380 g/mol. The Morgan fingerprint density at radius 3 is 2.59 bits per heavy atom. The predicted octanol–water partition coefficient (Wildman–Crippen LogP) is 2.51. The molecule has 1 aliphatic rings. The number of fused-ring (bicyclic) bond motifs is 1. The average molecular weight is 398 g/mol. The second kappa shape index (κ2) is 8.51. The Labute approximate surface area is 166 Å². The lowest BCUT2D eigenvalue weighted by Gasteiger charge is -2.13. The zero-order chi connectivity index (χ0) is 21.0. The predicted molar refractivity (Wildman–Crippen MR) is 101 cm³/mol. The summed E-state index contributed by atoms with van der Waals surface area (Å²) >= 11 is 0. The van der Waals surface area contributed by atoms with E-state index in [1.807, 2.05) is 25.1 Å². The Bertz CT molecular complexity index is 987. The Hall–Kier alpha value is -3.75. The van der Waals surface area contributed by atoms with E-state index in [-0.39, 0.29) is 37.3 Å². The second-order valence-electron chi connectivity index (χ2n) is 6.35. The number of carbonyl (C=O) groups is 3. The molecule has 0 saturated carbocycles. The van der Waals surface area contributed by atoms with Crippen molar-refractivity contribution in [3.63, 3.8) is 0 Å². The summed E-state index contributed by atoms with van der Waals surface area (Å²) in [5, 5.41) is 11.1. The lowest BCUT2D eigenvalue weighted by Crippen LogP contribution is -2.32. The summed E-state index contributed by atoms with van der Waals surface area (Å²) in [6, 6.07) is 11.3. The standard InChI is InChI=1S/C20H18N2O7/c1-13-4-2-5-14(12-13)28-10-11-29-17(23)8-9-21-19(24)15-6-3-7-16(22(26)27)18(15)20(21)25/h2-7,12H,8-11H2,1H3. The van der Waals surface area contributed by atoms with Crippen molar-refractivity contribution in [1.82, 2.24) is 4.90 Å². The highest BCUT2D eigenvalue weighted by molar-refractivity contribution is 6.23. The molecule has 1 heterocycles. The molecule has 0 atom stereocenters. The molecule has 2 aromatic carbocycles. The van der Waals surface area contributed by atoms with Crippen molar-refractivity contribution < 1.29 is 28.8 Å². The number of nitro groups is 1. The van der Waals surface area contributed by atoms with E-state index in [9.17, 15) is 24.5 Å². The van der Waals surface area contributed by atoms with Crippen molar-refractivity contribution >= 4 is 23.5 Å². The highest BCUT2D eigenvalue weighted by atomic mass is 16.6.